The van der Waals surface area contributed by atoms with E-state index in [1.54, 1.807) is 0 Å². The van der Waals surface area contributed by atoms with E-state index < -0.39 is 0 Å². The first kappa shape index (κ1) is 14.1. The molecule has 1 fully saturated rings. The Kier molecular flexibility index (Phi) is 4.99. The molecule has 4 unspecified atom stereocenters. The molecule has 2 nitrogen and oxygen atoms in total. The average molecular weight is 255 g/mol. The van der Waals surface area contributed by atoms with E-state index in [1.165, 1.54) is 5.56 Å². The molecule has 1 saturated carbocycles. The van der Waals surface area contributed by atoms with E-state index in [2.05, 4.69) is 43.7 Å². The van der Waals surface area contributed by atoms with Crippen LogP contribution in [0.15, 0.2) is 30.3 Å². The van der Waals surface area contributed by atoms with Gasteiger partial charge in [0.2, 0.25) is 0 Å². The van der Waals surface area contributed by atoms with Crippen LogP contribution in [0.3, 0.4) is 0 Å². The summed E-state index contributed by atoms with van der Waals surface area (Å²) in [4.78, 5) is 0. The predicted octanol–water partition coefficient (Wildman–Crippen LogP) is 3.76. The van der Waals surface area contributed by atoms with E-state index in [0.29, 0.717) is 18.4 Å². The molecule has 1 aliphatic rings. The van der Waals surface area contributed by atoms with Gasteiger partial charge in [0.1, 0.15) is 6.10 Å². The number of nitrogens with zero attached hydrogens (tertiary/aromatic N) is 1. The summed E-state index contributed by atoms with van der Waals surface area (Å²) in [6.45, 7) is 6.59. The molecule has 0 spiro atoms. The van der Waals surface area contributed by atoms with Crippen molar-refractivity contribution in [2.75, 3.05) is 6.61 Å². The van der Waals surface area contributed by atoms with Gasteiger partial charge in [-0.05, 0) is 43.6 Å². The third-order valence-corrected chi connectivity index (χ3v) is 4.01. The topological polar surface area (TPSA) is 33.0 Å². The minimum atomic E-state index is -0.341. The van der Waals surface area contributed by atoms with Crippen LogP contribution in [0.25, 0.3) is 0 Å². The van der Waals surface area contributed by atoms with Crippen molar-refractivity contribution in [2.24, 2.45) is 11.8 Å². The number of nitriles is 1. The van der Waals surface area contributed by atoms with Crippen molar-refractivity contribution in [2.45, 2.75) is 31.8 Å². The number of benzene rings is 1. The van der Waals surface area contributed by atoms with Crippen LogP contribution in [0.2, 0.25) is 0 Å². The molecule has 1 aromatic carbocycles. The summed E-state index contributed by atoms with van der Waals surface area (Å²) in [5, 5.41) is 9.33. The Morgan fingerprint density at radius 3 is 2.74 bits per heavy atom. The van der Waals surface area contributed by atoms with Crippen LogP contribution in [0.1, 0.15) is 31.2 Å². The first-order valence-electron chi connectivity index (χ1n) is 7.00. The number of ether oxygens (including phenoxy) is 1. The molecule has 0 aromatic heterocycles. The van der Waals surface area contributed by atoms with Crippen LogP contribution in [-0.2, 0) is 4.74 Å². The van der Waals surface area contributed by atoms with Crippen LogP contribution >= 0.6 is 0 Å². The van der Waals surface area contributed by atoms with E-state index in [4.69, 9.17) is 4.74 Å². The molecule has 0 heterocycles. The molecule has 0 aliphatic heterocycles. The molecule has 1 aliphatic carbocycles. The SMILES string of the molecule is [CH2]CC1C[CH]C(C(C#N)OCC)C1c1ccccc1. The van der Waals surface area contributed by atoms with Gasteiger partial charge in [0.05, 0.1) is 6.07 Å². The number of rotatable bonds is 5. The fraction of sp³-hybridized carbons (Fsp3) is 0.471. The normalized spacial score (nSPS) is 27.9. The Balaban J connectivity index is 2.26. The second kappa shape index (κ2) is 6.73. The van der Waals surface area contributed by atoms with Gasteiger partial charge in [-0.15, -0.1) is 0 Å². The highest BCUT2D eigenvalue weighted by Gasteiger charge is 2.41. The maximum absolute atomic E-state index is 9.33. The highest BCUT2D eigenvalue weighted by molar-refractivity contribution is 5.26. The van der Waals surface area contributed by atoms with Gasteiger partial charge in [-0.25, -0.2) is 0 Å². The molecule has 1 aromatic rings. The van der Waals surface area contributed by atoms with Gasteiger partial charge in [0.25, 0.3) is 0 Å². The summed E-state index contributed by atoms with van der Waals surface area (Å²) in [6, 6.07) is 12.8. The molecule has 100 valence electrons. The Morgan fingerprint density at radius 2 is 2.16 bits per heavy atom. The van der Waals surface area contributed by atoms with Crippen LogP contribution in [-0.4, -0.2) is 12.7 Å². The predicted molar refractivity (Wildman–Crippen MR) is 76.1 cm³/mol. The summed E-state index contributed by atoms with van der Waals surface area (Å²) in [5.41, 5.74) is 1.30. The molecule has 0 bridgehead atoms. The van der Waals surface area contributed by atoms with E-state index >= 15 is 0 Å². The monoisotopic (exact) mass is 255 g/mol. The lowest BCUT2D eigenvalue weighted by Gasteiger charge is -2.27. The number of hydrogen-bond donors (Lipinski definition) is 0. The summed E-state index contributed by atoms with van der Waals surface area (Å²) in [6.07, 6.45) is 3.85. The smallest absolute Gasteiger partial charge is 0.147 e. The first-order valence-corrected chi connectivity index (χ1v) is 7.00. The molecule has 0 N–H and O–H groups in total. The molecular weight excluding hydrogens is 234 g/mol. The van der Waals surface area contributed by atoms with Gasteiger partial charge in [-0.1, -0.05) is 37.3 Å². The zero-order valence-corrected chi connectivity index (χ0v) is 11.5. The van der Waals surface area contributed by atoms with Crippen LogP contribution < -0.4 is 0 Å². The first-order chi connectivity index (χ1) is 9.31. The lowest BCUT2D eigenvalue weighted by molar-refractivity contribution is 0.0620. The van der Waals surface area contributed by atoms with E-state index in [1.807, 2.05) is 13.0 Å². The molecule has 2 heteroatoms. The highest BCUT2D eigenvalue weighted by Crippen LogP contribution is 2.47. The van der Waals surface area contributed by atoms with Crippen LogP contribution in [0.4, 0.5) is 0 Å². The lowest BCUT2D eigenvalue weighted by Crippen LogP contribution is -2.27. The quantitative estimate of drug-likeness (QED) is 0.802. The lowest BCUT2D eigenvalue weighted by atomic mass is 9.80. The Bertz CT molecular complexity index is 423. The number of hydrogen-bond acceptors (Lipinski definition) is 2. The van der Waals surface area contributed by atoms with E-state index in [-0.39, 0.29) is 12.0 Å². The third kappa shape index (κ3) is 2.98. The van der Waals surface area contributed by atoms with Gasteiger partial charge in [0.15, 0.2) is 0 Å². The Hall–Kier alpha value is -1.33. The van der Waals surface area contributed by atoms with Crippen molar-refractivity contribution in [1.29, 1.82) is 5.26 Å². The van der Waals surface area contributed by atoms with Crippen molar-refractivity contribution in [1.82, 2.24) is 0 Å². The molecule has 0 amide bonds. The minimum absolute atomic E-state index is 0.180. The Labute approximate surface area is 116 Å². The maximum Gasteiger partial charge on any atom is 0.147 e. The summed E-state index contributed by atoms with van der Waals surface area (Å²) in [7, 11) is 0. The van der Waals surface area contributed by atoms with E-state index in [9.17, 15) is 5.26 Å². The largest absolute Gasteiger partial charge is 0.363 e. The summed E-state index contributed by atoms with van der Waals surface area (Å²) < 4.78 is 5.61. The van der Waals surface area contributed by atoms with Crippen molar-refractivity contribution in [3.8, 4) is 6.07 Å². The fourth-order valence-electron chi connectivity index (χ4n) is 3.13. The van der Waals surface area contributed by atoms with Gasteiger partial charge < -0.3 is 4.74 Å². The molecule has 2 radical (unpaired) electrons. The fourth-order valence-corrected chi connectivity index (χ4v) is 3.13. The third-order valence-electron chi connectivity index (χ3n) is 4.01. The second-order valence-corrected chi connectivity index (χ2v) is 5.04. The van der Waals surface area contributed by atoms with Crippen molar-refractivity contribution in [3.63, 3.8) is 0 Å². The average Bonchev–Trinajstić information content (AvgIpc) is 2.89. The summed E-state index contributed by atoms with van der Waals surface area (Å²) in [5.74, 6) is 1.05. The van der Waals surface area contributed by atoms with Crippen molar-refractivity contribution in [3.05, 3.63) is 49.2 Å². The Morgan fingerprint density at radius 1 is 1.42 bits per heavy atom. The summed E-state index contributed by atoms with van der Waals surface area (Å²) >= 11 is 0. The zero-order chi connectivity index (χ0) is 13.7. The van der Waals surface area contributed by atoms with Gasteiger partial charge in [0, 0.05) is 12.5 Å². The highest BCUT2D eigenvalue weighted by atomic mass is 16.5. The van der Waals surface area contributed by atoms with E-state index in [0.717, 1.165) is 12.8 Å². The minimum Gasteiger partial charge on any atom is -0.363 e. The van der Waals surface area contributed by atoms with Crippen LogP contribution in [0, 0.1) is 36.5 Å². The van der Waals surface area contributed by atoms with Crippen LogP contribution in [0.5, 0.6) is 0 Å². The van der Waals surface area contributed by atoms with Crippen molar-refractivity contribution >= 4 is 0 Å². The zero-order valence-electron chi connectivity index (χ0n) is 11.5. The van der Waals surface area contributed by atoms with Gasteiger partial charge >= 0.3 is 0 Å². The molecule has 4 atom stereocenters. The van der Waals surface area contributed by atoms with Crippen molar-refractivity contribution < 1.29 is 4.74 Å². The molecule has 19 heavy (non-hydrogen) atoms. The van der Waals surface area contributed by atoms with Gasteiger partial charge in [-0.2, -0.15) is 5.26 Å². The molecule has 2 rings (SSSR count). The second-order valence-electron chi connectivity index (χ2n) is 5.04. The molecular formula is C17H21NO. The molecule has 0 saturated heterocycles. The standard InChI is InChI=1S/C17H21NO/c1-3-13-10-11-15(16(12-18)19-4-2)17(13)14-8-6-5-7-9-14/h5-9,11,13,15-17H,1,3-4,10H2,2H3. The maximum atomic E-state index is 9.33. The van der Waals surface area contributed by atoms with Gasteiger partial charge in [-0.3, -0.25) is 0 Å².